The van der Waals surface area contributed by atoms with Crippen molar-refractivity contribution in [3.8, 4) is 0 Å². The summed E-state index contributed by atoms with van der Waals surface area (Å²) in [5.41, 5.74) is 0.990. The standard InChI is InChI=1S/C29H40N2O5S/c1-6-13-30(16-20-11-9-8-10-12-20)27(34)25-29-19(5)15-22(37-29)23(28(35)36-7-2)24(29)26(33)31(25)21(17-32)14-18(3)4/h6,8-12,18-19,21-25,32H,1,7,13-17H2,2-5H3/t19?,21-,22-,23+,24+,25?,29?/m1/s1. The molecule has 3 heterocycles. The molecule has 3 unspecified atom stereocenters. The lowest BCUT2D eigenvalue weighted by atomic mass is 9.66. The highest BCUT2D eigenvalue weighted by Gasteiger charge is 2.77. The molecule has 37 heavy (non-hydrogen) atoms. The van der Waals surface area contributed by atoms with Crippen LogP contribution in [0.2, 0.25) is 0 Å². The third-order valence-electron chi connectivity index (χ3n) is 8.20. The zero-order valence-electron chi connectivity index (χ0n) is 22.3. The summed E-state index contributed by atoms with van der Waals surface area (Å²) in [6.45, 7) is 12.6. The average Bonchev–Trinajstić information content (AvgIpc) is 3.46. The Balaban J connectivity index is 1.80. The van der Waals surface area contributed by atoms with E-state index in [0.29, 0.717) is 19.5 Å². The highest BCUT2D eigenvalue weighted by atomic mass is 32.2. The maximum Gasteiger partial charge on any atom is 0.310 e. The molecule has 0 saturated carbocycles. The van der Waals surface area contributed by atoms with Crippen LogP contribution in [0.3, 0.4) is 0 Å². The monoisotopic (exact) mass is 528 g/mol. The van der Waals surface area contributed by atoms with Crippen molar-refractivity contribution >= 4 is 29.5 Å². The van der Waals surface area contributed by atoms with Gasteiger partial charge in [0, 0.05) is 18.3 Å². The van der Waals surface area contributed by atoms with E-state index in [0.717, 1.165) is 12.0 Å². The number of esters is 1. The van der Waals surface area contributed by atoms with E-state index in [1.54, 1.807) is 34.6 Å². The van der Waals surface area contributed by atoms with Gasteiger partial charge in [-0.1, -0.05) is 57.2 Å². The number of ether oxygens (including phenoxy) is 1. The smallest absolute Gasteiger partial charge is 0.310 e. The predicted molar refractivity (Wildman–Crippen MR) is 145 cm³/mol. The summed E-state index contributed by atoms with van der Waals surface area (Å²) in [5.74, 6) is -1.63. The normalized spacial score (nSPS) is 30.9. The molecule has 0 radical (unpaired) electrons. The zero-order valence-corrected chi connectivity index (χ0v) is 23.2. The number of fused-ring (bicyclic) bond motifs is 1. The van der Waals surface area contributed by atoms with E-state index in [4.69, 9.17) is 4.74 Å². The minimum absolute atomic E-state index is 0.0555. The van der Waals surface area contributed by atoms with Crippen molar-refractivity contribution in [1.82, 2.24) is 9.80 Å². The molecule has 1 spiro atoms. The molecule has 2 bridgehead atoms. The van der Waals surface area contributed by atoms with Gasteiger partial charge in [0.1, 0.15) is 6.04 Å². The maximum absolute atomic E-state index is 14.5. The number of nitrogens with zero attached hydrogens (tertiary/aromatic N) is 2. The average molecular weight is 529 g/mol. The summed E-state index contributed by atoms with van der Waals surface area (Å²) >= 11 is 1.63. The van der Waals surface area contributed by atoms with Gasteiger partial charge < -0.3 is 19.6 Å². The van der Waals surface area contributed by atoms with Crippen LogP contribution in [0.15, 0.2) is 43.0 Å². The molecule has 3 fully saturated rings. The Hall–Kier alpha value is -2.32. The second kappa shape index (κ2) is 11.2. The topological polar surface area (TPSA) is 87.2 Å². The number of hydrogen-bond acceptors (Lipinski definition) is 6. The summed E-state index contributed by atoms with van der Waals surface area (Å²) < 4.78 is 4.69. The lowest BCUT2D eigenvalue weighted by molar-refractivity contribution is -0.154. The fourth-order valence-electron chi connectivity index (χ4n) is 6.82. The van der Waals surface area contributed by atoms with Crippen LogP contribution in [0.5, 0.6) is 0 Å². The van der Waals surface area contributed by atoms with Crippen LogP contribution in [0.25, 0.3) is 0 Å². The van der Waals surface area contributed by atoms with Crippen LogP contribution >= 0.6 is 11.8 Å². The van der Waals surface area contributed by atoms with Gasteiger partial charge in [0.2, 0.25) is 11.8 Å². The Morgan fingerprint density at radius 3 is 2.62 bits per heavy atom. The van der Waals surface area contributed by atoms with Gasteiger partial charge in [-0.05, 0) is 37.2 Å². The molecular formula is C29H40N2O5S. The van der Waals surface area contributed by atoms with Gasteiger partial charge in [-0.15, -0.1) is 18.3 Å². The fraction of sp³-hybridized carbons (Fsp3) is 0.621. The number of aliphatic hydroxyl groups is 1. The van der Waals surface area contributed by atoms with Crippen molar-refractivity contribution in [1.29, 1.82) is 0 Å². The van der Waals surface area contributed by atoms with Crippen molar-refractivity contribution in [2.45, 2.75) is 69.2 Å². The van der Waals surface area contributed by atoms with E-state index in [1.165, 1.54) is 0 Å². The maximum atomic E-state index is 14.5. The van der Waals surface area contributed by atoms with E-state index < -0.39 is 28.7 Å². The van der Waals surface area contributed by atoms with E-state index in [-0.39, 0.29) is 48.1 Å². The first-order chi connectivity index (χ1) is 17.7. The summed E-state index contributed by atoms with van der Waals surface area (Å²) in [6, 6.07) is 8.51. The SMILES string of the molecule is C=CCN(Cc1ccccc1)C(=O)C1N([C@@H](CO)CC(C)C)C(=O)[C@@H]2[C@@H](C(=O)OCC)[C@H]3CC(C)C12S3. The highest BCUT2D eigenvalue weighted by Crippen LogP contribution is 2.69. The van der Waals surface area contributed by atoms with Crippen molar-refractivity contribution in [2.75, 3.05) is 19.8 Å². The third-order valence-corrected chi connectivity index (χ3v) is 10.3. The third kappa shape index (κ3) is 4.71. The minimum atomic E-state index is -0.769. The number of aliphatic hydroxyl groups excluding tert-OH is 1. The van der Waals surface area contributed by atoms with Gasteiger partial charge in [-0.2, -0.15) is 0 Å². The lowest BCUT2D eigenvalue weighted by Gasteiger charge is -2.42. The number of carbonyl (C=O) groups is 3. The Kier molecular flexibility index (Phi) is 8.38. The summed E-state index contributed by atoms with van der Waals surface area (Å²) in [4.78, 5) is 45.4. The second-order valence-corrected chi connectivity index (χ2v) is 12.6. The summed E-state index contributed by atoms with van der Waals surface area (Å²) in [6.07, 6.45) is 3.03. The molecule has 202 valence electrons. The van der Waals surface area contributed by atoms with Crippen molar-refractivity contribution in [2.24, 2.45) is 23.7 Å². The Bertz CT molecular complexity index is 1020. The number of rotatable bonds is 11. The van der Waals surface area contributed by atoms with Crippen molar-refractivity contribution < 1.29 is 24.2 Å². The number of amides is 2. The first-order valence-electron chi connectivity index (χ1n) is 13.4. The van der Waals surface area contributed by atoms with Gasteiger partial charge in [-0.3, -0.25) is 14.4 Å². The molecule has 0 aliphatic carbocycles. The van der Waals surface area contributed by atoms with Gasteiger partial charge in [0.05, 0.1) is 35.8 Å². The number of thioether (sulfide) groups is 1. The molecule has 7 atom stereocenters. The summed E-state index contributed by atoms with van der Waals surface area (Å²) in [7, 11) is 0. The fourth-order valence-corrected chi connectivity index (χ4v) is 9.21. The molecule has 8 heteroatoms. The van der Waals surface area contributed by atoms with Crippen LogP contribution in [0, 0.1) is 23.7 Å². The van der Waals surface area contributed by atoms with Gasteiger partial charge in [0.15, 0.2) is 0 Å². The van der Waals surface area contributed by atoms with Gasteiger partial charge in [-0.25, -0.2) is 0 Å². The molecule has 1 aromatic rings. The molecule has 1 aromatic carbocycles. The molecule has 7 nitrogen and oxygen atoms in total. The first-order valence-corrected chi connectivity index (χ1v) is 14.3. The van der Waals surface area contributed by atoms with Crippen LogP contribution in [0.4, 0.5) is 0 Å². The predicted octanol–water partition coefficient (Wildman–Crippen LogP) is 3.51. The highest BCUT2D eigenvalue weighted by molar-refractivity contribution is 8.02. The molecule has 3 aliphatic rings. The second-order valence-electron chi connectivity index (χ2n) is 11.0. The van der Waals surface area contributed by atoms with Crippen LogP contribution in [0.1, 0.15) is 46.1 Å². The number of benzene rings is 1. The van der Waals surface area contributed by atoms with E-state index in [9.17, 15) is 19.5 Å². The van der Waals surface area contributed by atoms with Crippen LogP contribution < -0.4 is 0 Å². The van der Waals surface area contributed by atoms with Crippen molar-refractivity contribution in [3.63, 3.8) is 0 Å². The molecule has 0 aromatic heterocycles. The molecular weight excluding hydrogens is 488 g/mol. The number of carbonyl (C=O) groups excluding carboxylic acids is 3. The molecule has 4 rings (SSSR count). The molecule has 2 amide bonds. The Morgan fingerprint density at radius 2 is 2.03 bits per heavy atom. The van der Waals surface area contributed by atoms with Crippen LogP contribution in [-0.4, -0.2) is 74.5 Å². The lowest BCUT2D eigenvalue weighted by Crippen LogP contribution is -2.59. The van der Waals surface area contributed by atoms with Gasteiger partial charge in [0.25, 0.3) is 0 Å². The Morgan fingerprint density at radius 1 is 1.32 bits per heavy atom. The van der Waals surface area contributed by atoms with E-state index in [2.05, 4.69) is 13.5 Å². The summed E-state index contributed by atoms with van der Waals surface area (Å²) in [5, 5.41) is 10.4. The quantitative estimate of drug-likeness (QED) is 0.349. The zero-order chi connectivity index (χ0) is 26.9. The largest absolute Gasteiger partial charge is 0.466 e. The van der Waals surface area contributed by atoms with Gasteiger partial charge >= 0.3 is 5.97 Å². The molecule has 3 aliphatic heterocycles. The number of hydrogen-bond donors (Lipinski definition) is 1. The first kappa shape index (κ1) is 27.7. The van der Waals surface area contributed by atoms with E-state index in [1.807, 2.05) is 44.2 Å². The number of likely N-dealkylation sites (tertiary alicyclic amines) is 1. The molecule has 3 saturated heterocycles. The van der Waals surface area contributed by atoms with E-state index >= 15 is 0 Å². The molecule has 1 N–H and O–H groups in total. The minimum Gasteiger partial charge on any atom is -0.466 e. The Labute approximate surface area is 224 Å². The van der Waals surface area contributed by atoms with Crippen molar-refractivity contribution in [3.05, 3.63) is 48.6 Å². The van der Waals surface area contributed by atoms with Crippen LogP contribution in [-0.2, 0) is 25.7 Å².